The van der Waals surface area contributed by atoms with Crippen molar-refractivity contribution in [1.82, 2.24) is 5.32 Å². The number of hydrogen-bond donors (Lipinski definition) is 2. The van der Waals surface area contributed by atoms with E-state index in [1.807, 2.05) is 6.07 Å². The molecule has 0 aliphatic carbocycles. The van der Waals surface area contributed by atoms with Gasteiger partial charge in [-0.2, -0.15) is 0 Å². The summed E-state index contributed by atoms with van der Waals surface area (Å²) < 4.78 is 5.27. The first kappa shape index (κ1) is 12.1. The summed E-state index contributed by atoms with van der Waals surface area (Å²) in [7, 11) is 0. The second-order valence-electron chi connectivity index (χ2n) is 4.27. The van der Waals surface area contributed by atoms with Gasteiger partial charge in [0.2, 0.25) is 0 Å². The van der Waals surface area contributed by atoms with Gasteiger partial charge in [-0.1, -0.05) is 12.1 Å². The highest BCUT2D eigenvalue weighted by Crippen LogP contribution is 2.07. The predicted molar refractivity (Wildman–Crippen MR) is 64.3 cm³/mol. The summed E-state index contributed by atoms with van der Waals surface area (Å²) in [6.45, 7) is 2.48. The molecule has 4 heteroatoms. The monoisotopic (exact) mass is 235 g/mol. The van der Waals surface area contributed by atoms with Gasteiger partial charge in [0.15, 0.2) is 0 Å². The van der Waals surface area contributed by atoms with Crippen LogP contribution in [0.25, 0.3) is 0 Å². The molecular weight excluding hydrogens is 218 g/mol. The average molecular weight is 235 g/mol. The molecule has 1 atom stereocenters. The Bertz CT molecular complexity index is 386. The van der Waals surface area contributed by atoms with E-state index in [1.54, 1.807) is 18.2 Å². The zero-order valence-electron chi connectivity index (χ0n) is 9.69. The molecule has 1 aliphatic rings. The number of rotatable bonds is 5. The van der Waals surface area contributed by atoms with Crippen LogP contribution in [0.3, 0.4) is 0 Å². The lowest BCUT2D eigenvalue weighted by molar-refractivity contribution is 0.0696. The van der Waals surface area contributed by atoms with Crippen molar-refractivity contribution in [3.63, 3.8) is 0 Å². The molecule has 1 aromatic rings. The molecular formula is C13H17NO3. The standard InChI is InChI=1S/C13H17NO3/c15-13(16)11-3-1-2-10(8-11)4-6-14-12-5-7-17-9-12/h1-3,8,12,14H,4-7,9H2,(H,15,16). The number of aromatic carboxylic acids is 1. The summed E-state index contributed by atoms with van der Waals surface area (Å²) in [6.07, 6.45) is 1.91. The summed E-state index contributed by atoms with van der Waals surface area (Å²) in [5, 5.41) is 12.3. The number of carbonyl (C=O) groups is 1. The maximum absolute atomic E-state index is 10.8. The fraction of sp³-hybridized carbons (Fsp3) is 0.462. The van der Waals surface area contributed by atoms with Crippen LogP contribution in [0.5, 0.6) is 0 Å². The molecule has 0 saturated carbocycles. The fourth-order valence-electron chi connectivity index (χ4n) is 1.98. The van der Waals surface area contributed by atoms with E-state index in [0.29, 0.717) is 11.6 Å². The summed E-state index contributed by atoms with van der Waals surface area (Å²) in [5.74, 6) is -0.871. The molecule has 1 aliphatic heterocycles. The Labute approximate surface area is 101 Å². The number of ether oxygens (including phenoxy) is 1. The zero-order valence-corrected chi connectivity index (χ0v) is 9.69. The van der Waals surface area contributed by atoms with Crippen LogP contribution in [0, 0.1) is 0 Å². The van der Waals surface area contributed by atoms with Crippen molar-refractivity contribution < 1.29 is 14.6 Å². The molecule has 17 heavy (non-hydrogen) atoms. The largest absolute Gasteiger partial charge is 0.478 e. The number of nitrogens with one attached hydrogen (secondary N) is 1. The van der Waals surface area contributed by atoms with Crippen LogP contribution in [0.1, 0.15) is 22.3 Å². The molecule has 1 heterocycles. The Morgan fingerprint density at radius 2 is 2.41 bits per heavy atom. The lowest BCUT2D eigenvalue weighted by Crippen LogP contribution is -2.30. The lowest BCUT2D eigenvalue weighted by Gasteiger charge is -2.10. The van der Waals surface area contributed by atoms with Crippen LogP contribution in [0.4, 0.5) is 0 Å². The molecule has 1 aromatic carbocycles. The van der Waals surface area contributed by atoms with Gasteiger partial charge in [-0.05, 0) is 37.1 Å². The van der Waals surface area contributed by atoms with E-state index in [0.717, 1.165) is 38.2 Å². The van der Waals surface area contributed by atoms with Gasteiger partial charge in [-0.15, -0.1) is 0 Å². The van der Waals surface area contributed by atoms with E-state index < -0.39 is 5.97 Å². The summed E-state index contributed by atoms with van der Waals surface area (Å²) in [6, 6.07) is 7.55. The predicted octanol–water partition coefficient (Wildman–Crippen LogP) is 1.31. The molecule has 0 radical (unpaired) electrons. The molecule has 0 bridgehead atoms. The first-order chi connectivity index (χ1) is 8.25. The lowest BCUT2D eigenvalue weighted by atomic mass is 10.1. The van der Waals surface area contributed by atoms with Crippen molar-refractivity contribution in [3.05, 3.63) is 35.4 Å². The van der Waals surface area contributed by atoms with E-state index in [1.165, 1.54) is 0 Å². The highest BCUT2D eigenvalue weighted by molar-refractivity contribution is 5.87. The maximum atomic E-state index is 10.8. The maximum Gasteiger partial charge on any atom is 0.335 e. The second-order valence-corrected chi connectivity index (χ2v) is 4.27. The van der Waals surface area contributed by atoms with Crippen LogP contribution >= 0.6 is 0 Å². The van der Waals surface area contributed by atoms with Crippen LogP contribution in [-0.2, 0) is 11.2 Å². The van der Waals surface area contributed by atoms with Crippen molar-refractivity contribution in [2.24, 2.45) is 0 Å². The third kappa shape index (κ3) is 3.54. The second kappa shape index (κ2) is 5.80. The van der Waals surface area contributed by atoms with E-state index in [2.05, 4.69) is 5.32 Å². The van der Waals surface area contributed by atoms with Gasteiger partial charge in [0.1, 0.15) is 0 Å². The minimum absolute atomic E-state index is 0.353. The molecule has 1 saturated heterocycles. The molecule has 1 unspecified atom stereocenters. The number of carboxylic acid groups (broad SMARTS) is 1. The van der Waals surface area contributed by atoms with Crippen molar-refractivity contribution in [3.8, 4) is 0 Å². The van der Waals surface area contributed by atoms with Gasteiger partial charge in [0.25, 0.3) is 0 Å². The molecule has 2 N–H and O–H groups in total. The highest BCUT2D eigenvalue weighted by Gasteiger charge is 2.14. The molecule has 0 aromatic heterocycles. The molecule has 2 rings (SSSR count). The zero-order chi connectivity index (χ0) is 12.1. The topological polar surface area (TPSA) is 58.6 Å². The van der Waals surface area contributed by atoms with Crippen molar-refractivity contribution in [2.75, 3.05) is 19.8 Å². The number of benzene rings is 1. The van der Waals surface area contributed by atoms with Gasteiger partial charge in [-0.25, -0.2) is 4.79 Å². The molecule has 1 fully saturated rings. The summed E-state index contributed by atoms with van der Waals surface area (Å²) in [4.78, 5) is 10.8. The van der Waals surface area contributed by atoms with Crippen LogP contribution in [0.2, 0.25) is 0 Å². The van der Waals surface area contributed by atoms with Gasteiger partial charge < -0.3 is 15.2 Å². The molecule has 0 spiro atoms. The molecule has 4 nitrogen and oxygen atoms in total. The van der Waals surface area contributed by atoms with Crippen LogP contribution < -0.4 is 5.32 Å². The van der Waals surface area contributed by atoms with Crippen molar-refractivity contribution in [1.29, 1.82) is 0 Å². The van der Waals surface area contributed by atoms with Crippen molar-refractivity contribution in [2.45, 2.75) is 18.9 Å². The van der Waals surface area contributed by atoms with E-state index in [9.17, 15) is 4.79 Å². The minimum atomic E-state index is -0.871. The van der Waals surface area contributed by atoms with Crippen LogP contribution in [0.15, 0.2) is 24.3 Å². The Morgan fingerprint density at radius 1 is 1.53 bits per heavy atom. The first-order valence-corrected chi connectivity index (χ1v) is 5.89. The molecule has 0 amide bonds. The Kier molecular flexibility index (Phi) is 4.12. The quantitative estimate of drug-likeness (QED) is 0.807. The van der Waals surface area contributed by atoms with Crippen LogP contribution in [-0.4, -0.2) is 36.9 Å². The normalized spacial score (nSPS) is 19.4. The Hall–Kier alpha value is -1.39. The van der Waals surface area contributed by atoms with Gasteiger partial charge in [-0.3, -0.25) is 0 Å². The highest BCUT2D eigenvalue weighted by atomic mass is 16.5. The minimum Gasteiger partial charge on any atom is -0.478 e. The van der Waals surface area contributed by atoms with Gasteiger partial charge >= 0.3 is 5.97 Å². The first-order valence-electron chi connectivity index (χ1n) is 5.89. The smallest absolute Gasteiger partial charge is 0.335 e. The third-order valence-corrected chi connectivity index (χ3v) is 2.95. The van der Waals surface area contributed by atoms with Gasteiger partial charge in [0, 0.05) is 12.6 Å². The fourth-order valence-corrected chi connectivity index (χ4v) is 1.98. The number of carboxylic acids is 1. The summed E-state index contributed by atoms with van der Waals surface area (Å²) >= 11 is 0. The SMILES string of the molecule is O=C(O)c1cccc(CCNC2CCOC2)c1. The third-order valence-electron chi connectivity index (χ3n) is 2.95. The molecule has 92 valence electrons. The van der Waals surface area contributed by atoms with Gasteiger partial charge in [0.05, 0.1) is 12.2 Å². The van der Waals surface area contributed by atoms with E-state index in [-0.39, 0.29) is 0 Å². The average Bonchev–Trinajstić information content (AvgIpc) is 2.82. The van der Waals surface area contributed by atoms with Crippen molar-refractivity contribution >= 4 is 5.97 Å². The Balaban J connectivity index is 1.81. The number of hydrogen-bond acceptors (Lipinski definition) is 3. The van der Waals surface area contributed by atoms with E-state index in [4.69, 9.17) is 9.84 Å². The summed E-state index contributed by atoms with van der Waals surface area (Å²) in [5.41, 5.74) is 1.41. The van der Waals surface area contributed by atoms with E-state index >= 15 is 0 Å². The Morgan fingerprint density at radius 3 is 3.12 bits per heavy atom.